The molecule has 2 rings (SSSR count). The summed E-state index contributed by atoms with van der Waals surface area (Å²) in [5.74, 6) is -0.467. The molecule has 0 aliphatic heterocycles. The van der Waals surface area contributed by atoms with Crippen molar-refractivity contribution in [2.45, 2.75) is 6.61 Å². The molecule has 0 fully saturated rings. The Hall–Kier alpha value is -2.60. The number of esters is 1. The second kappa shape index (κ2) is 5.65. The molecular weight excluding hydrogens is 226 g/mol. The van der Waals surface area contributed by atoms with Crippen molar-refractivity contribution in [3.05, 3.63) is 77.1 Å². The van der Waals surface area contributed by atoms with Crippen LogP contribution in [0.3, 0.4) is 0 Å². The Balaban J connectivity index is 2.07. The van der Waals surface area contributed by atoms with E-state index >= 15 is 0 Å². The molecule has 0 amide bonds. The summed E-state index contributed by atoms with van der Waals surface area (Å²) in [4.78, 5) is 15.1. The molecular formula is C15H11NO2. The largest absolute Gasteiger partial charge is 0.458 e. The van der Waals surface area contributed by atoms with Crippen LogP contribution in [0.2, 0.25) is 0 Å². The van der Waals surface area contributed by atoms with Gasteiger partial charge in [-0.25, -0.2) is 9.64 Å². The second-order valence-electron chi connectivity index (χ2n) is 3.69. The van der Waals surface area contributed by atoms with Gasteiger partial charge in [-0.2, -0.15) is 0 Å². The van der Waals surface area contributed by atoms with E-state index in [-0.39, 0.29) is 6.61 Å². The molecule has 0 aliphatic carbocycles. The Labute approximate surface area is 105 Å². The molecule has 0 aliphatic rings. The number of carbonyl (C=O) groups excluding carboxylic acids is 1. The fourth-order valence-electron chi connectivity index (χ4n) is 1.54. The third-order valence-corrected chi connectivity index (χ3v) is 2.46. The van der Waals surface area contributed by atoms with Gasteiger partial charge >= 0.3 is 5.97 Å². The summed E-state index contributed by atoms with van der Waals surface area (Å²) in [6.07, 6.45) is 0. The standard InChI is InChI=1S/C15H11NO2/c1-16-14-10-6-5-9-13(14)15(17)18-11-12-7-3-2-4-8-12/h2-10H,11H2. The highest BCUT2D eigenvalue weighted by Gasteiger charge is 2.11. The Morgan fingerprint density at radius 2 is 1.72 bits per heavy atom. The summed E-state index contributed by atoms with van der Waals surface area (Å²) in [6.45, 7) is 7.21. The number of hydrogen-bond donors (Lipinski definition) is 0. The summed E-state index contributed by atoms with van der Waals surface area (Å²) in [6, 6.07) is 16.1. The third kappa shape index (κ3) is 2.74. The number of benzene rings is 2. The highest BCUT2D eigenvalue weighted by molar-refractivity contribution is 5.95. The molecule has 0 bridgehead atoms. The van der Waals surface area contributed by atoms with E-state index in [4.69, 9.17) is 11.3 Å². The van der Waals surface area contributed by atoms with Gasteiger partial charge < -0.3 is 4.74 Å². The van der Waals surface area contributed by atoms with E-state index in [9.17, 15) is 4.79 Å². The fraction of sp³-hybridized carbons (Fsp3) is 0.0667. The van der Waals surface area contributed by atoms with E-state index in [2.05, 4.69) is 4.85 Å². The van der Waals surface area contributed by atoms with Crippen LogP contribution >= 0.6 is 0 Å². The summed E-state index contributed by atoms with van der Waals surface area (Å²) < 4.78 is 5.17. The van der Waals surface area contributed by atoms with Crippen LogP contribution in [0.4, 0.5) is 5.69 Å². The number of nitrogens with zero attached hydrogens (tertiary/aromatic N) is 1. The van der Waals surface area contributed by atoms with Gasteiger partial charge in [-0.15, -0.1) is 0 Å². The van der Waals surface area contributed by atoms with E-state index in [1.807, 2.05) is 30.3 Å². The first-order valence-electron chi connectivity index (χ1n) is 5.49. The Kier molecular flexibility index (Phi) is 3.72. The molecule has 0 heterocycles. The van der Waals surface area contributed by atoms with Gasteiger partial charge in [-0.1, -0.05) is 54.6 Å². The van der Waals surface area contributed by atoms with Crippen molar-refractivity contribution < 1.29 is 9.53 Å². The smallest absolute Gasteiger partial charge is 0.327 e. The SMILES string of the molecule is [C-]#[N+]c1ccccc1C(=O)OCc1ccccc1. The van der Waals surface area contributed by atoms with Crippen molar-refractivity contribution in [3.63, 3.8) is 0 Å². The first-order chi connectivity index (χ1) is 8.81. The van der Waals surface area contributed by atoms with E-state index in [0.29, 0.717) is 11.3 Å². The summed E-state index contributed by atoms with van der Waals surface area (Å²) in [5, 5.41) is 0. The van der Waals surface area contributed by atoms with Crippen molar-refractivity contribution in [1.29, 1.82) is 0 Å². The van der Waals surface area contributed by atoms with E-state index in [0.717, 1.165) is 5.56 Å². The zero-order valence-corrected chi connectivity index (χ0v) is 9.67. The maximum atomic E-state index is 11.8. The topological polar surface area (TPSA) is 30.7 Å². The summed E-state index contributed by atoms with van der Waals surface area (Å²) >= 11 is 0. The average molecular weight is 237 g/mol. The lowest BCUT2D eigenvalue weighted by molar-refractivity contribution is 0.0474. The van der Waals surface area contributed by atoms with Crippen LogP contribution in [-0.2, 0) is 11.3 Å². The third-order valence-electron chi connectivity index (χ3n) is 2.46. The van der Waals surface area contributed by atoms with Crippen LogP contribution in [0.5, 0.6) is 0 Å². The van der Waals surface area contributed by atoms with Crippen molar-refractivity contribution in [1.82, 2.24) is 0 Å². The van der Waals surface area contributed by atoms with Gasteiger partial charge in [0.15, 0.2) is 0 Å². The zero-order valence-electron chi connectivity index (χ0n) is 9.67. The van der Waals surface area contributed by atoms with Crippen molar-refractivity contribution in [2.24, 2.45) is 0 Å². The van der Waals surface area contributed by atoms with E-state index in [1.54, 1.807) is 24.3 Å². The molecule has 0 radical (unpaired) electrons. The predicted molar refractivity (Wildman–Crippen MR) is 68.3 cm³/mol. The molecule has 0 spiro atoms. The molecule has 3 heteroatoms. The maximum absolute atomic E-state index is 11.8. The fourth-order valence-corrected chi connectivity index (χ4v) is 1.54. The molecule has 88 valence electrons. The maximum Gasteiger partial charge on any atom is 0.327 e. The van der Waals surface area contributed by atoms with Crippen LogP contribution in [0.25, 0.3) is 4.85 Å². The Morgan fingerprint density at radius 3 is 2.44 bits per heavy atom. The lowest BCUT2D eigenvalue weighted by Crippen LogP contribution is -2.05. The van der Waals surface area contributed by atoms with Crippen LogP contribution in [0, 0.1) is 6.57 Å². The monoisotopic (exact) mass is 237 g/mol. The van der Waals surface area contributed by atoms with Gasteiger partial charge in [-0.05, 0) is 5.56 Å². The molecule has 2 aromatic carbocycles. The highest BCUT2D eigenvalue weighted by Crippen LogP contribution is 2.19. The zero-order chi connectivity index (χ0) is 12.8. The van der Waals surface area contributed by atoms with Crippen molar-refractivity contribution >= 4 is 11.7 Å². The first kappa shape index (κ1) is 11.9. The quantitative estimate of drug-likeness (QED) is 0.603. The predicted octanol–water partition coefficient (Wildman–Crippen LogP) is 3.59. The minimum atomic E-state index is -0.467. The number of rotatable bonds is 3. The second-order valence-corrected chi connectivity index (χ2v) is 3.69. The van der Waals surface area contributed by atoms with Crippen LogP contribution in [0.1, 0.15) is 15.9 Å². The Morgan fingerprint density at radius 1 is 1.06 bits per heavy atom. The number of ether oxygens (including phenoxy) is 1. The van der Waals surface area contributed by atoms with E-state index in [1.165, 1.54) is 0 Å². The molecule has 3 nitrogen and oxygen atoms in total. The molecule has 0 saturated heterocycles. The van der Waals surface area contributed by atoms with Gasteiger partial charge in [0.1, 0.15) is 6.61 Å². The molecule has 0 saturated carbocycles. The van der Waals surface area contributed by atoms with E-state index < -0.39 is 5.97 Å². The minimum Gasteiger partial charge on any atom is -0.458 e. The molecule has 0 atom stereocenters. The van der Waals surface area contributed by atoms with Crippen molar-refractivity contribution in [3.8, 4) is 0 Å². The highest BCUT2D eigenvalue weighted by atomic mass is 16.5. The Bertz CT molecular complexity index is 585. The van der Waals surface area contributed by atoms with Gasteiger partial charge in [0.25, 0.3) is 0 Å². The number of para-hydroxylation sites is 1. The van der Waals surface area contributed by atoms with Crippen LogP contribution in [-0.4, -0.2) is 5.97 Å². The lowest BCUT2D eigenvalue weighted by atomic mass is 10.2. The normalized spacial score (nSPS) is 9.50. The van der Waals surface area contributed by atoms with Gasteiger partial charge in [0.2, 0.25) is 5.69 Å². The van der Waals surface area contributed by atoms with Crippen molar-refractivity contribution in [2.75, 3.05) is 0 Å². The number of carbonyl (C=O) groups is 1. The summed E-state index contributed by atoms with van der Waals surface area (Å²) in [5.41, 5.74) is 1.55. The first-order valence-corrected chi connectivity index (χ1v) is 5.49. The van der Waals surface area contributed by atoms with Gasteiger partial charge in [0.05, 0.1) is 12.1 Å². The van der Waals surface area contributed by atoms with Crippen LogP contribution < -0.4 is 0 Å². The molecule has 0 unspecified atom stereocenters. The molecule has 2 aromatic rings. The average Bonchev–Trinajstić information content (AvgIpc) is 2.45. The van der Waals surface area contributed by atoms with Gasteiger partial charge in [0, 0.05) is 0 Å². The van der Waals surface area contributed by atoms with Crippen LogP contribution in [0.15, 0.2) is 54.6 Å². The lowest BCUT2D eigenvalue weighted by Gasteiger charge is -2.06. The molecule has 0 N–H and O–H groups in total. The minimum absolute atomic E-state index is 0.214. The molecule has 0 aromatic heterocycles. The number of hydrogen-bond acceptors (Lipinski definition) is 2. The molecule has 18 heavy (non-hydrogen) atoms. The van der Waals surface area contributed by atoms with Gasteiger partial charge in [-0.3, -0.25) is 0 Å². The summed E-state index contributed by atoms with van der Waals surface area (Å²) in [7, 11) is 0.